The average molecular weight is 753 g/mol. The first-order chi connectivity index (χ1) is 24.4. The summed E-state index contributed by atoms with van der Waals surface area (Å²) in [6, 6.07) is 9.33. The maximum atomic E-state index is 12.9. The first-order valence-corrected chi connectivity index (χ1v) is 16.1. The third kappa shape index (κ3) is 24.8. The summed E-state index contributed by atoms with van der Waals surface area (Å²) in [6.45, 7) is 7.29. The summed E-state index contributed by atoms with van der Waals surface area (Å²) in [5.41, 5.74) is 11.0. The Hall–Kier alpha value is -5.98. The van der Waals surface area contributed by atoms with E-state index >= 15 is 0 Å². The standard InChI is InChI=1S/C27H34N8O11.C3H8.C2H6.2CH4/c28-14-22(36)32-15-23(37)34-21(2-1-11-30-25(29)39)24(38)33-18-5-3-17(4-6-18)16-45-26(40)31-12-13-44-27(41)46-20-9-7-19(8-10-20)35(42)43;1-3-2;1-2;;/h3-10,21H,1-2,11-16,28H2,(H,31,40)(H,32,36)(H,33,38)(H,34,37)(H3,29,30,39);3H2,1-2H3;1-2H3;2*1H4. The molecule has 0 spiro atoms. The van der Waals surface area contributed by atoms with Crippen LogP contribution in [0.15, 0.2) is 48.5 Å². The van der Waals surface area contributed by atoms with Crippen molar-refractivity contribution in [2.45, 2.75) is 74.5 Å². The SMILES string of the molecule is C.C.CC.CCC.NCC(=O)NCC(=O)NC(CCCNC(N)=O)C(=O)Nc1ccc(COC(=O)NCCOC(=O)Oc2ccc([N+](=O)[O-])cc2)cc1. The lowest BCUT2D eigenvalue weighted by Gasteiger charge is -2.19. The molecule has 298 valence electrons. The van der Waals surface area contributed by atoms with Crippen LogP contribution in [0.3, 0.4) is 0 Å². The molecule has 2 rings (SSSR count). The number of anilines is 1. The number of hydrogen-bond acceptors (Lipinski definition) is 12. The van der Waals surface area contributed by atoms with Crippen LogP contribution in [0.1, 0.15) is 67.4 Å². The number of rotatable bonds is 17. The molecule has 1 unspecified atom stereocenters. The number of nitrogens with zero attached hydrogens (tertiary/aromatic N) is 1. The molecule has 0 aromatic heterocycles. The molecule has 0 saturated carbocycles. The van der Waals surface area contributed by atoms with E-state index in [1.54, 1.807) is 24.3 Å². The van der Waals surface area contributed by atoms with Crippen LogP contribution in [-0.2, 0) is 30.5 Å². The third-order valence-electron chi connectivity index (χ3n) is 5.68. The van der Waals surface area contributed by atoms with Gasteiger partial charge < -0.3 is 52.3 Å². The van der Waals surface area contributed by atoms with Gasteiger partial charge in [0.15, 0.2) is 0 Å². The number of nitrogens with one attached hydrogen (secondary N) is 5. The predicted octanol–water partition coefficient (Wildman–Crippen LogP) is 3.70. The largest absolute Gasteiger partial charge is 0.513 e. The number of nitro groups is 1. The average Bonchev–Trinajstić information content (AvgIpc) is 3.11. The minimum absolute atomic E-state index is 0. The number of non-ortho nitro benzene ring substituents is 1. The second kappa shape index (κ2) is 30.8. The van der Waals surface area contributed by atoms with Crippen LogP contribution in [0, 0.1) is 10.1 Å². The lowest BCUT2D eigenvalue weighted by Crippen LogP contribution is -2.48. The molecule has 2 aromatic rings. The van der Waals surface area contributed by atoms with Gasteiger partial charge >= 0.3 is 18.3 Å². The van der Waals surface area contributed by atoms with E-state index in [1.165, 1.54) is 18.6 Å². The van der Waals surface area contributed by atoms with Gasteiger partial charge in [-0.15, -0.1) is 0 Å². The highest BCUT2D eigenvalue weighted by Gasteiger charge is 2.21. The number of nitro benzene ring substituents is 1. The molecule has 0 saturated heterocycles. The number of nitrogens with two attached hydrogens (primary N) is 2. The maximum Gasteiger partial charge on any atom is 0.513 e. The molecule has 0 aliphatic carbocycles. The Morgan fingerprint density at radius 2 is 1.45 bits per heavy atom. The van der Waals surface area contributed by atoms with Gasteiger partial charge in [0.25, 0.3) is 5.69 Å². The smallest absolute Gasteiger partial charge is 0.445 e. The highest BCUT2D eigenvalue weighted by Crippen LogP contribution is 2.17. The number of amides is 6. The molecule has 1 atom stereocenters. The van der Waals surface area contributed by atoms with Crippen molar-refractivity contribution in [3.05, 3.63) is 64.2 Å². The highest BCUT2D eigenvalue weighted by atomic mass is 16.7. The molecule has 2 aromatic carbocycles. The summed E-state index contributed by atoms with van der Waals surface area (Å²) >= 11 is 0. The van der Waals surface area contributed by atoms with Gasteiger partial charge in [-0.25, -0.2) is 14.4 Å². The molecule has 0 heterocycles. The summed E-state index contributed by atoms with van der Waals surface area (Å²) in [7, 11) is 0. The number of urea groups is 1. The molecule has 0 fully saturated rings. The first-order valence-electron chi connectivity index (χ1n) is 16.1. The van der Waals surface area contributed by atoms with Crippen molar-refractivity contribution in [2.24, 2.45) is 11.5 Å². The second-order valence-corrected chi connectivity index (χ2v) is 9.88. The monoisotopic (exact) mass is 752 g/mol. The molecular formula is C34H56N8O11. The van der Waals surface area contributed by atoms with Gasteiger partial charge in [-0.2, -0.15) is 0 Å². The molecule has 9 N–H and O–H groups in total. The Morgan fingerprint density at radius 1 is 0.849 bits per heavy atom. The number of primary amides is 1. The van der Waals surface area contributed by atoms with Gasteiger partial charge in [0, 0.05) is 24.4 Å². The summed E-state index contributed by atoms with van der Waals surface area (Å²) < 4.78 is 14.8. The zero-order valence-corrected chi connectivity index (χ0v) is 29.2. The minimum Gasteiger partial charge on any atom is -0.445 e. The molecule has 53 heavy (non-hydrogen) atoms. The zero-order chi connectivity index (χ0) is 38.6. The second-order valence-electron chi connectivity index (χ2n) is 9.88. The van der Waals surface area contributed by atoms with Crippen LogP contribution in [-0.4, -0.2) is 79.8 Å². The molecule has 19 nitrogen and oxygen atoms in total. The fourth-order valence-corrected chi connectivity index (χ4v) is 3.45. The number of carbonyl (C=O) groups excluding carboxylic acids is 6. The van der Waals surface area contributed by atoms with Crippen LogP contribution in [0.4, 0.5) is 25.8 Å². The Labute approximate surface area is 310 Å². The topological polar surface area (TPSA) is 285 Å². The summed E-state index contributed by atoms with van der Waals surface area (Å²) in [4.78, 5) is 81.0. The zero-order valence-electron chi connectivity index (χ0n) is 29.2. The van der Waals surface area contributed by atoms with Crippen LogP contribution >= 0.6 is 0 Å². The molecule has 0 radical (unpaired) electrons. The van der Waals surface area contributed by atoms with Gasteiger partial charge in [0.1, 0.15) is 25.0 Å². The van der Waals surface area contributed by atoms with E-state index in [1.807, 2.05) is 13.8 Å². The minimum atomic E-state index is -1.07. The van der Waals surface area contributed by atoms with Crippen molar-refractivity contribution in [1.29, 1.82) is 0 Å². The van der Waals surface area contributed by atoms with E-state index in [9.17, 15) is 38.9 Å². The molecule has 0 aliphatic rings. The fourth-order valence-electron chi connectivity index (χ4n) is 3.45. The fraction of sp³-hybridized carbons (Fsp3) is 0.471. The van der Waals surface area contributed by atoms with Crippen LogP contribution < -0.4 is 42.8 Å². The van der Waals surface area contributed by atoms with Gasteiger partial charge in [-0.1, -0.05) is 61.1 Å². The van der Waals surface area contributed by atoms with Crippen molar-refractivity contribution in [3.63, 3.8) is 0 Å². The van der Waals surface area contributed by atoms with E-state index in [0.717, 1.165) is 12.1 Å². The number of carbonyl (C=O) groups is 6. The number of hydrogen-bond donors (Lipinski definition) is 7. The van der Waals surface area contributed by atoms with E-state index in [-0.39, 0.29) is 72.1 Å². The Balaban J connectivity index is -0.00000339. The number of benzene rings is 2. The summed E-state index contributed by atoms with van der Waals surface area (Å²) in [5, 5.41) is 22.9. The first kappa shape index (κ1) is 51.4. The van der Waals surface area contributed by atoms with Crippen molar-refractivity contribution >= 4 is 47.4 Å². The van der Waals surface area contributed by atoms with Gasteiger partial charge in [-0.05, 0) is 42.7 Å². The van der Waals surface area contributed by atoms with Crippen molar-refractivity contribution in [1.82, 2.24) is 21.3 Å². The van der Waals surface area contributed by atoms with Crippen LogP contribution in [0.5, 0.6) is 5.75 Å². The lowest BCUT2D eigenvalue weighted by molar-refractivity contribution is -0.384. The third-order valence-corrected chi connectivity index (χ3v) is 5.68. The van der Waals surface area contributed by atoms with Crippen LogP contribution in [0.25, 0.3) is 0 Å². The van der Waals surface area contributed by atoms with Crippen molar-refractivity contribution in [3.8, 4) is 5.75 Å². The molecule has 0 bridgehead atoms. The Kier molecular flexibility index (Phi) is 29.9. The highest BCUT2D eigenvalue weighted by molar-refractivity contribution is 5.97. The quantitative estimate of drug-likeness (QED) is 0.0400. The molecule has 0 aliphatic heterocycles. The van der Waals surface area contributed by atoms with E-state index in [0.29, 0.717) is 17.7 Å². The summed E-state index contributed by atoms with van der Waals surface area (Å²) in [5.74, 6) is -1.68. The Bertz CT molecular complexity index is 1390. The van der Waals surface area contributed by atoms with E-state index in [4.69, 9.17) is 25.7 Å². The maximum absolute atomic E-state index is 12.9. The van der Waals surface area contributed by atoms with Crippen molar-refractivity contribution < 1.29 is 47.9 Å². The van der Waals surface area contributed by atoms with Crippen molar-refractivity contribution in [2.75, 3.05) is 38.1 Å². The van der Waals surface area contributed by atoms with E-state index < -0.39 is 47.0 Å². The lowest BCUT2D eigenvalue weighted by atomic mass is 10.1. The van der Waals surface area contributed by atoms with Gasteiger partial charge in [0.2, 0.25) is 17.7 Å². The number of ether oxygens (including phenoxy) is 3. The molecule has 19 heteroatoms. The van der Waals surface area contributed by atoms with Gasteiger partial charge in [-0.3, -0.25) is 24.5 Å². The molecule has 6 amide bonds. The molecular weight excluding hydrogens is 696 g/mol. The Morgan fingerprint density at radius 3 is 2.00 bits per heavy atom. The summed E-state index contributed by atoms with van der Waals surface area (Å²) in [6.07, 6.45) is -0.152. The predicted molar refractivity (Wildman–Crippen MR) is 200 cm³/mol. The van der Waals surface area contributed by atoms with E-state index in [2.05, 4.69) is 40.4 Å². The van der Waals surface area contributed by atoms with Gasteiger partial charge in [0.05, 0.1) is 24.6 Å². The van der Waals surface area contributed by atoms with Crippen LogP contribution in [0.2, 0.25) is 0 Å². The normalized spacial score (nSPS) is 9.83. The number of alkyl carbamates (subject to hydrolysis) is 1.